The third-order valence-corrected chi connectivity index (χ3v) is 2.90. The Bertz CT molecular complexity index is 658. The van der Waals surface area contributed by atoms with Crippen LogP contribution in [0.25, 0.3) is 10.8 Å². The highest BCUT2D eigenvalue weighted by Gasteiger charge is 2.10. The van der Waals surface area contributed by atoms with Crippen LogP contribution in [-0.4, -0.2) is 19.2 Å². The predicted molar refractivity (Wildman–Crippen MR) is 75.4 cm³/mol. The molecule has 0 aromatic heterocycles. The largest absolute Gasteiger partial charge is 0.482 e. The second-order valence-electron chi connectivity index (χ2n) is 4.19. The lowest BCUT2D eigenvalue weighted by Crippen LogP contribution is -2.15. The summed E-state index contributed by atoms with van der Waals surface area (Å²) in [5.74, 6) is 0.141. The van der Waals surface area contributed by atoms with Crippen molar-refractivity contribution in [2.24, 2.45) is 0 Å². The zero-order valence-electron chi connectivity index (χ0n) is 11.3. The fourth-order valence-electron chi connectivity index (χ4n) is 2.05. The molecule has 4 heteroatoms. The standard InChI is InChI=1S/C16H15NO3/c1-2-19-16(18)11-20-15-8-7-12-5-3-4-6-13(12)14(15)9-10-17/h3-8H,2,9,11H2,1H3. The average molecular weight is 269 g/mol. The summed E-state index contributed by atoms with van der Waals surface area (Å²) in [5.41, 5.74) is 0.801. The second kappa shape index (κ2) is 6.58. The normalized spacial score (nSPS) is 10.0. The number of benzene rings is 2. The van der Waals surface area contributed by atoms with E-state index in [2.05, 4.69) is 6.07 Å². The van der Waals surface area contributed by atoms with Crippen molar-refractivity contribution >= 4 is 16.7 Å². The minimum atomic E-state index is -0.413. The number of nitrogens with zero attached hydrogens (tertiary/aromatic N) is 1. The maximum atomic E-state index is 11.3. The molecule has 2 aromatic rings. The Morgan fingerprint density at radius 1 is 1.25 bits per heavy atom. The van der Waals surface area contributed by atoms with Crippen molar-refractivity contribution in [2.75, 3.05) is 13.2 Å². The molecule has 0 radical (unpaired) electrons. The molecule has 0 bridgehead atoms. The number of carbonyl (C=O) groups excluding carboxylic acids is 1. The first-order valence-corrected chi connectivity index (χ1v) is 6.42. The predicted octanol–water partition coefficient (Wildman–Crippen LogP) is 2.85. The highest BCUT2D eigenvalue weighted by molar-refractivity contribution is 5.88. The Balaban J connectivity index is 2.30. The van der Waals surface area contributed by atoms with Gasteiger partial charge in [0.15, 0.2) is 6.61 Å². The smallest absolute Gasteiger partial charge is 0.344 e. The molecule has 0 aliphatic carbocycles. The first-order valence-electron chi connectivity index (χ1n) is 6.42. The molecule has 0 heterocycles. The third kappa shape index (κ3) is 3.07. The van der Waals surface area contributed by atoms with Crippen LogP contribution in [0.15, 0.2) is 36.4 Å². The number of fused-ring (bicyclic) bond motifs is 1. The molecule has 2 rings (SSSR count). The van der Waals surface area contributed by atoms with Crippen molar-refractivity contribution in [2.45, 2.75) is 13.3 Å². The molecule has 4 nitrogen and oxygen atoms in total. The monoisotopic (exact) mass is 269 g/mol. The van der Waals surface area contributed by atoms with E-state index in [4.69, 9.17) is 14.7 Å². The lowest BCUT2D eigenvalue weighted by Gasteiger charge is -2.12. The van der Waals surface area contributed by atoms with Crippen LogP contribution in [0.4, 0.5) is 0 Å². The van der Waals surface area contributed by atoms with E-state index in [1.54, 1.807) is 13.0 Å². The molecule has 0 saturated carbocycles. The second-order valence-corrected chi connectivity index (χ2v) is 4.19. The average Bonchev–Trinajstić information content (AvgIpc) is 2.47. The number of ether oxygens (including phenoxy) is 2. The Morgan fingerprint density at radius 2 is 2.05 bits per heavy atom. The molecule has 0 aliphatic heterocycles. The topological polar surface area (TPSA) is 59.3 Å². The molecule has 2 aromatic carbocycles. The van der Waals surface area contributed by atoms with E-state index < -0.39 is 5.97 Å². The molecular weight excluding hydrogens is 254 g/mol. The van der Waals surface area contributed by atoms with Gasteiger partial charge in [-0.15, -0.1) is 0 Å². The number of carbonyl (C=O) groups is 1. The van der Waals surface area contributed by atoms with Crippen molar-refractivity contribution in [3.05, 3.63) is 42.0 Å². The fourth-order valence-corrected chi connectivity index (χ4v) is 2.05. The molecule has 0 amide bonds. The van der Waals surface area contributed by atoms with Gasteiger partial charge in [-0.3, -0.25) is 0 Å². The summed E-state index contributed by atoms with van der Waals surface area (Å²) in [6, 6.07) is 13.6. The summed E-state index contributed by atoms with van der Waals surface area (Å²) >= 11 is 0. The van der Waals surface area contributed by atoms with Crippen molar-refractivity contribution in [1.29, 1.82) is 5.26 Å². The van der Waals surface area contributed by atoms with Gasteiger partial charge in [-0.05, 0) is 23.8 Å². The van der Waals surface area contributed by atoms with Crippen LogP contribution < -0.4 is 4.74 Å². The van der Waals surface area contributed by atoms with Gasteiger partial charge in [0, 0.05) is 5.56 Å². The maximum Gasteiger partial charge on any atom is 0.344 e. The van der Waals surface area contributed by atoms with Crippen molar-refractivity contribution in [1.82, 2.24) is 0 Å². The van der Waals surface area contributed by atoms with E-state index in [9.17, 15) is 4.79 Å². The van der Waals surface area contributed by atoms with E-state index in [-0.39, 0.29) is 13.0 Å². The van der Waals surface area contributed by atoms with Crippen molar-refractivity contribution < 1.29 is 14.3 Å². The number of rotatable bonds is 5. The molecule has 0 atom stereocenters. The van der Waals surface area contributed by atoms with Gasteiger partial charge < -0.3 is 9.47 Å². The summed E-state index contributed by atoms with van der Waals surface area (Å²) in [5, 5.41) is 11.0. The molecule has 102 valence electrons. The highest BCUT2D eigenvalue weighted by Crippen LogP contribution is 2.28. The van der Waals surface area contributed by atoms with Gasteiger partial charge in [-0.1, -0.05) is 30.3 Å². The van der Waals surface area contributed by atoms with E-state index in [0.29, 0.717) is 12.4 Å². The number of esters is 1. The van der Waals surface area contributed by atoms with E-state index in [0.717, 1.165) is 16.3 Å². The molecule has 20 heavy (non-hydrogen) atoms. The maximum absolute atomic E-state index is 11.3. The molecule has 0 N–H and O–H groups in total. The first kappa shape index (κ1) is 13.9. The lowest BCUT2D eigenvalue weighted by molar-refractivity contribution is -0.145. The molecule has 0 saturated heterocycles. The van der Waals surface area contributed by atoms with Crippen molar-refractivity contribution in [3.63, 3.8) is 0 Å². The van der Waals surface area contributed by atoms with Gasteiger partial charge in [0.2, 0.25) is 0 Å². The van der Waals surface area contributed by atoms with Gasteiger partial charge in [-0.2, -0.15) is 5.26 Å². The Hall–Kier alpha value is -2.54. The first-order chi connectivity index (χ1) is 9.76. The molecule has 0 spiro atoms. The van der Waals surface area contributed by atoms with Crippen LogP contribution in [0.1, 0.15) is 12.5 Å². The number of nitriles is 1. The van der Waals surface area contributed by atoms with Crippen LogP contribution in [0.2, 0.25) is 0 Å². The van der Waals surface area contributed by atoms with Crippen LogP contribution in [0, 0.1) is 11.3 Å². The van der Waals surface area contributed by atoms with Gasteiger partial charge in [0.05, 0.1) is 19.1 Å². The van der Waals surface area contributed by atoms with E-state index >= 15 is 0 Å². The van der Waals surface area contributed by atoms with E-state index in [1.165, 1.54) is 0 Å². The number of hydrogen-bond donors (Lipinski definition) is 0. The van der Waals surface area contributed by atoms with Crippen LogP contribution in [-0.2, 0) is 16.0 Å². The van der Waals surface area contributed by atoms with Gasteiger partial charge in [0.1, 0.15) is 5.75 Å². The van der Waals surface area contributed by atoms with Gasteiger partial charge >= 0.3 is 5.97 Å². The SMILES string of the molecule is CCOC(=O)COc1ccc2ccccc2c1CC#N. The minimum Gasteiger partial charge on any atom is -0.482 e. The zero-order chi connectivity index (χ0) is 14.4. The van der Waals surface area contributed by atoms with Gasteiger partial charge in [0.25, 0.3) is 0 Å². The van der Waals surface area contributed by atoms with Crippen LogP contribution in [0.3, 0.4) is 0 Å². The molecular formula is C16H15NO3. The highest BCUT2D eigenvalue weighted by atomic mass is 16.6. The Kier molecular flexibility index (Phi) is 4.56. The molecule has 0 aliphatic rings. The lowest BCUT2D eigenvalue weighted by atomic mass is 10.0. The molecule has 0 fully saturated rings. The molecule has 0 unspecified atom stereocenters. The third-order valence-electron chi connectivity index (χ3n) is 2.90. The zero-order valence-corrected chi connectivity index (χ0v) is 11.3. The summed E-state index contributed by atoms with van der Waals surface area (Å²) < 4.78 is 10.3. The summed E-state index contributed by atoms with van der Waals surface area (Å²) in [4.78, 5) is 11.3. The summed E-state index contributed by atoms with van der Waals surface area (Å²) in [7, 11) is 0. The summed E-state index contributed by atoms with van der Waals surface area (Å²) in [6.45, 7) is 1.92. The Morgan fingerprint density at radius 3 is 2.80 bits per heavy atom. The van der Waals surface area contributed by atoms with Gasteiger partial charge in [-0.25, -0.2) is 4.79 Å². The van der Waals surface area contributed by atoms with Crippen molar-refractivity contribution in [3.8, 4) is 11.8 Å². The Labute approximate surface area is 117 Å². The van der Waals surface area contributed by atoms with Crippen LogP contribution >= 0.6 is 0 Å². The minimum absolute atomic E-state index is 0.148. The van der Waals surface area contributed by atoms with E-state index in [1.807, 2.05) is 30.3 Å². The fraction of sp³-hybridized carbons (Fsp3) is 0.250. The summed E-state index contributed by atoms with van der Waals surface area (Å²) in [6.07, 6.45) is 0.236. The van der Waals surface area contributed by atoms with Crippen LogP contribution in [0.5, 0.6) is 5.75 Å². The number of hydrogen-bond acceptors (Lipinski definition) is 4. The quantitative estimate of drug-likeness (QED) is 0.783.